The summed E-state index contributed by atoms with van der Waals surface area (Å²) in [5.74, 6) is -1.66. The largest absolute Gasteiger partial charge is 0.493 e. The minimum atomic E-state index is -1.01. The normalized spacial score (nSPS) is 10.0. The van der Waals surface area contributed by atoms with E-state index in [-0.39, 0.29) is 5.76 Å². The van der Waals surface area contributed by atoms with Gasteiger partial charge in [-0.15, -0.1) is 0 Å². The predicted molar refractivity (Wildman–Crippen MR) is 90.4 cm³/mol. The molecule has 27 heavy (non-hydrogen) atoms. The maximum atomic E-state index is 12.0. The van der Waals surface area contributed by atoms with Crippen molar-refractivity contribution in [3.63, 3.8) is 0 Å². The molecule has 2 aromatic rings. The quantitative estimate of drug-likeness (QED) is 0.414. The van der Waals surface area contributed by atoms with E-state index in [0.29, 0.717) is 22.9 Å². The zero-order chi connectivity index (χ0) is 20.0. The molecule has 0 bridgehead atoms. The summed E-state index contributed by atoms with van der Waals surface area (Å²) in [4.78, 5) is 33.4. The third-order valence-corrected chi connectivity index (χ3v) is 3.26. The topological polar surface area (TPSA) is 139 Å². The minimum Gasteiger partial charge on any atom is -0.493 e. The molecule has 0 aliphatic carbocycles. The molecule has 0 unspecified atom stereocenters. The first-order valence-electron chi connectivity index (χ1n) is 7.40. The number of hydrogen-bond donors (Lipinski definition) is 1. The Bertz CT molecular complexity index is 834. The van der Waals surface area contributed by atoms with Gasteiger partial charge in [-0.2, -0.15) is 0 Å². The van der Waals surface area contributed by atoms with Crippen LogP contribution in [0.2, 0.25) is 0 Å². The van der Waals surface area contributed by atoms with E-state index in [1.807, 2.05) is 0 Å². The van der Waals surface area contributed by atoms with Crippen LogP contribution in [-0.4, -0.2) is 44.7 Å². The van der Waals surface area contributed by atoms with Crippen molar-refractivity contribution in [1.82, 2.24) is 0 Å². The number of carbonyl (C=O) groups is 2. The predicted octanol–water partition coefficient (Wildman–Crippen LogP) is 2.01. The summed E-state index contributed by atoms with van der Waals surface area (Å²) in [5.41, 5.74) is 0.319. The highest BCUT2D eigenvalue weighted by atomic mass is 16.7. The van der Waals surface area contributed by atoms with Gasteiger partial charge in [-0.1, -0.05) is 0 Å². The van der Waals surface area contributed by atoms with Crippen LogP contribution in [0.25, 0.3) is 0 Å². The van der Waals surface area contributed by atoms with Gasteiger partial charge in [-0.05, 0) is 6.07 Å². The molecule has 1 amide bonds. The van der Waals surface area contributed by atoms with Crippen LogP contribution in [0.4, 0.5) is 11.6 Å². The summed E-state index contributed by atoms with van der Waals surface area (Å²) in [6.07, 6.45) is 0. The molecule has 0 spiro atoms. The number of esters is 1. The van der Waals surface area contributed by atoms with E-state index in [1.54, 1.807) is 0 Å². The molecule has 0 radical (unpaired) electrons. The molecule has 0 aliphatic heterocycles. The maximum absolute atomic E-state index is 12.0. The second-order valence-corrected chi connectivity index (χ2v) is 4.93. The number of benzene rings is 1. The Morgan fingerprint density at radius 3 is 2.22 bits per heavy atom. The first-order chi connectivity index (χ1) is 12.9. The van der Waals surface area contributed by atoms with Gasteiger partial charge in [0.25, 0.3) is 5.91 Å². The van der Waals surface area contributed by atoms with Crippen molar-refractivity contribution in [2.24, 2.45) is 0 Å². The summed E-state index contributed by atoms with van der Waals surface area (Å²) in [5, 5.41) is 13.0. The Kier molecular flexibility index (Phi) is 6.20. The van der Waals surface area contributed by atoms with Crippen molar-refractivity contribution in [3.05, 3.63) is 40.1 Å². The third kappa shape index (κ3) is 4.66. The van der Waals surface area contributed by atoms with Crippen molar-refractivity contribution < 1.29 is 37.9 Å². The molecular weight excluding hydrogens is 364 g/mol. The van der Waals surface area contributed by atoms with Crippen LogP contribution in [-0.2, 0) is 9.53 Å². The van der Waals surface area contributed by atoms with Gasteiger partial charge in [0.2, 0.25) is 11.5 Å². The molecule has 2 rings (SSSR count). The van der Waals surface area contributed by atoms with E-state index in [0.717, 1.165) is 12.1 Å². The van der Waals surface area contributed by atoms with Crippen molar-refractivity contribution in [1.29, 1.82) is 0 Å². The fraction of sp³-hybridized carbons (Fsp3) is 0.250. The lowest BCUT2D eigenvalue weighted by atomic mass is 10.2. The average Bonchev–Trinajstić information content (AvgIpc) is 3.15. The van der Waals surface area contributed by atoms with Crippen molar-refractivity contribution in [2.75, 3.05) is 33.3 Å². The van der Waals surface area contributed by atoms with E-state index >= 15 is 0 Å². The Balaban J connectivity index is 2.00. The highest BCUT2D eigenvalue weighted by molar-refractivity contribution is 5.95. The average molecular weight is 380 g/mol. The maximum Gasteiger partial charge on any atom is 0.433 e. The Morgan fingerprint density at radius 2 is 1.74 bits per heavy atom. The van der Waals surface area contributed by atoms with E-state index in [9.17, 15) is 19.7 Å². The molecule has 144 valence electrons. The summed E-state index contributed by atoms with van der Waals surface area (Å²) >= 11 is 0. The Morgan fingerprint density at radius 1 is 1.11 bits per heavy atom. The smallest absolute Gasteiger partial charge is 0.433 e. The highest BCUT2D eigenvalue weighted by Gasteiger charge is 2.20. The van der Waals surface area contributed by atoms with Gasteiger partial charge in [0.1, 0.15) is 4.92 Å². The third-order valence-electron chi connectivity index (χ3n) is 3.26. The van der Waals surface area contributed by atoms with Gasteiger partial charge >= 0.3 is 11.9 Å². The second kappa shape index (κ2) is 8.56. The number of anilines is 1. The highest BCUT2D eigenvalue weighted by Crippen LogP contribution is 2.39. The Hall–Kier alpha value is -3.76. The minimum absolute atomic E-state index is 0.319. The van der Waals surface area contributed by atoms with Gasteiger partial charge in [0.05, 0.1) is 27.4 Å². The number of nitrogens with zero attached hydrogens (tertiary/aromatic N) is 1. The molecular formula is C16H16N2O9. The summed E-state index contributed by atoms with van der Waals surface area (Å²) < 4.78 is 25.0. The van der Waals surface area contributed by atoms with Crippen LogP contribution in [0.3, 0.4) is 0 Å². The number of ether oxygens (including phenoxy) is 4. The molecule has 1 aromatic carbocycles. The van der Waals surface area contributed by atoms with Crippen LogP contribution in [0.5, 0.6) is 17.2 Å². The monoisotopic (exact) mass is 380 g/mol. The summed E-state index contributed by atoms with van der Waals surface area (Å²) in [7, 11) is 4.29. The van der Waals surface area contributed by atoms with Gasteiger partial charge in [0, 0.05) is 17.8 Å². The zero-order valence-corrected chi connectivity index (χ0v) is 14.6. The standard InChI is InChI=1S/C16H16N2O9/c1-23-11-6-9(7-12(24-2)15(11)25-3)17-13(19)8-26-16(20)10-4-5-14(27-10)18(21)22/h4-7H,8H2,1-3H3,(H,17,19). The van der Waals surface area contributed by atoms with Gasteiger partial charge < -0.3 is 28.7 Å². The Labute approximate surface area is 152 Å². The molecule has 0 fully saturated rings. The number of rotatable bonds is 8. The zero-order valence-electron chi connectivity index (χ0n) is 14.6. The van der Waals surface area contributed by atoms with Crippen LogP contribution < -0.4 is 19.5 Å². The fourth-order valence-corrected chi connectivity index (χ4v) is 2.09. The molecule has 0 atom stereocenters. The molecule has 0 saturated heterocycles. The van der Waals surface area contributed by atoms with E-state index in [2.05, 4.69) is 5.32 Å². The molecule has 1 aromatic heterocycles. The molecule has 11 heteroatoms. The number of nitrogens with one attached hydrogen (secondary N) is 1. The van der Waals surface area contributed by atoms with Crippen molar-refractivity contribution in [3.8, 4) is 17.2 Å². The van der Waals surface area contributed by atoms with Crippen LogP contribution in [0.1, 0.15) is 10.6 Å². The fourth-order valence-electron chi connectivity index (χ4n) is 2.09. The van der Waals surface area contributed by atoms with E-state index < -0.39 is 29.3 Å². The SMILES string of the molecule is COc1cc(NC(=O)COC(=O)c2ccc([N+](=O)[O-])o2)cc(OC)c1OC. The van der Waals surface area contributed by atoms with Gasteiger partial charge in [-0.3, -0.25) is 14.9 Å². The molecule has 1 N–H and O–H groups in total. The molecule has 0 aliphatic rings. The summed E-state index contributed by atoms with van der Waals surface area (Å²) in [6, 6.07) is 5.08. The van der Waals surface area contributed by atoms with Gasteiger partial charge in [-0.25, -0.2) is 4.79 Å². The number of hydrogen-bond acceptors (Lipinski definition) is 9. The second-order valence-electron chi connectivity index (χ2n) is 4.93. The number of amides is 1. The van der Waals surface area contributed by atoms with Crippen molar-refractivity contribution >= 4 is 23.4 Å². The number of carbonyl (C=O) groups excluding carboxylic acids is 2. The lowest BCUT2D eigenvalue weighted by molar-refractivity contribution is -0.402. The van der Waals surface area contributed by atoms with E-state index in [4.69, 9.17) is 23.4 Å². The molecule has 0 saturated carbocycles. The number of nitro groups is 1. The number of methoxy groups -OCH3 is 3. The first-order valence-corrected chi connectivity index (χ1v) is 7.40. The number of furan rings is 1. The van der Waals surface area contributed by atoms with Crippen LogP contribution >= 0.6 is 0 Å². The van der Waals surface area contributed by atoms with E-state index in [1.165, 1.54) is 33.5 Å². The first kappa shape index (κ1) is 19.6. The lowest BCUT2D eigenvalue weighted by Gasteiger charge is -2.14. The molecule has 11 nitrogen and oxygen atoms in total. The summed E-state index contributed by atoms with van der Waals surface area (Å²) in [6.45, 7) is -0.635. The molecule has 1 heterocycles. The van der Waals surface area contributed by atoms with Crippen LogP contribution in [0, 0.1) is 10.1 Å². The lowest BCUT2D eigenvalue weighted by Crippen LogP contribution is -2.20. The van der Waals surface area contributed by atoms with Crippen LogP contribution in [0.15, 0.2) is 28.7 Å². The van der Waals surface area contributed by atoms with Gasteiger partial charge in [0.15, 0.2) is 18.1 Å². The van der Waals surface area contributed by atoms with Crippen molar-refractivity contribution in [2.45, 2.75) is 0 Å².